The minimum atomic E-state index is 0.532. The van der Waals surface area contributed by atoms with Crippen LogP contribution in [-0.4, -0.2) is 10.2 Å². The molecular weight excluding hydrogens is 322 g/mol. The van der Waals surface area contributed by atoms with Crippen LogP contribution in [0.1, 0.15) is 5.56 Å². The van der Waals surface area contributed by atoms with Crippen molar-refractivity contribution >= 4 is 33.1 Å². The summed E-state index contributed by atoms with van der Waals surface area (Å²) in [5.74, 6) is 0.532. The second-order valence-electron chi connectivity index (χ2n) is 4.27. The summed E-state index contributed by atoms with van der Waals surface area (Å²) in [7, 11) is 0. The zero-order valence-corrected chi connectivity index (χ0v) is 12.7. The van der Waals surface area contributed by atoms with E-state index in [1.807, 2.05) is 23.6 Å². The van der Waals surface area contributed by atoms with Crippen LogP contribution in [0.15, 0.2) is 40.2 Å². The van der Waals surface area contributed by atoms with Crippen molar-refractivity contribution in [3.63, 3.8) is 0 Å². The number of hydrogen-bond acceptors (Lipinski definition) is 3. The first kappa shape index (κ1) is 12.4. The first-order valence-corrected chi connectivity index (χ1v) is 7.49. The molecule has 96 valence electrons. The Morgan fingerprint density at radius 2 is 2.05 bits per heavy atom. The Bertz CT molecular complexity index is 730. The third-order valence-corrected chi connectivity index (χ3v) is 4.91. The fourth-order valence-electron chi connectivity index (χ4n) is 2.12. The van der Waals surface area contributed by atoms with Gasteiger partial charge in [0.25, 0.3) is 0 Å². The molecule has 5 heteroatoms. The van der Waals surface area contributed by atoms with Crippen LogP contribution in [0.5, 0.6) is 0 Å². The normalized spacial score (nSPS) is 10.8. The highest BCUT2D eigenvalue weighted by Crippen LogP contribution is 2.41. The van der Waals surface area contributed by atoms with E-state index in [0.717, 1.165) is 26.2 Å². The van der Waals surface area contributed by atoms with E-state index in [1.54, 1.807) is 11.3 Å². The lowest BCUT2D eigenvalue weighted by Crippen LogP contribution is -1.90. The number of thiophene rings is 1. The van der Waals surface area contributed by atoms with Crippen LogP contribution < -0.4 is 5.73 Å². The van der Waals surface area contributed by atoms with Gasteiger partial charge in [-0.05, 0) is 45.4 Å². The topological polar surface area (TPSA) is 54.7 Å². The highest BCUT2D eigenvalue weighted by Gasteiger charge is 2.18. The van der Waals surface area contributed by atoms with Gasteiger partial charge in [0, 0.05) is 4.47 Å². The van der Waals surface area contributed by atoms with Crippen molar-refractivity contribution < 1.29 is 0 Å². The van der Waals surface area contributed by atoms with Gasteiger partial charge in [-0.25, -0.2) is 0 Å². The van der Waals surface area contributed by atoms with Gasteiger partial charge in [0.05, 0.1) is 16.1 Å². The quantitative estimate of drug-likeness (QED) is 0.727. The molecule has 0 aliphatic heterocycles. The van der Waals surface area contributed by atoms with Gasteiger partial charge < -0.3 is 5.73 Å². The van der Waals surface area contributed by atoms with Gasteiger partial charge >= 0.3 is 0 Å². The number of nitrogens with zero attached hydrogens (tertiary/aromatic N) is 1. The second-order valence-corrected chi connectivity index (χ2v) is 6.04. The maximum absolute atomic E-state index is 6.05. The Kier molecular flexibility index (Phi) is 3.16. The van der Waals surface area contributed by atoms with Crippen LogP contribution in [0.2, 0.25) is 0 Å². The summed E-state index contributed by atoms with van der Waals surface area (Å²) in [5, 5.41) is 9.26. The summed E-state index contributed by atoms with van der Waals surface area (Å²) in [6.45, 7) is 2.08. The lowest BCUT2D eigenvalue weighted by molar-refractivity contribution is 1.10. The predicted octanol–water partition coefficient (Wildman–Crippen LogP) is 4.46. The lowest BCUT2D eigenvalue weighted by atomic mass is 10.00. The Morgan fingerprint density at radius 3 is 2.74 bits per heavy atom. The molecule has 2 heterocycles. The molecule has 3 aromatic rings. The van der Waals surface area contributed by atoms with Crippen molar-refractivity contribution in [1.29, 1.82) is 0 Å². The predicted molar refractivity (Wildman–Crippen MR) is 84.2 cm³/mol. The van der Waals surface area contributed by atoms with Crippen molar-refractivity contribution in [2.75, 3.05) is 5.73 Å². The van der Waals surface area contributed by atoms with Gasteiger partial charge in [0.15, 0.2) is 5.82 Å². The molecule has 3 N–H and O–H groups in total. The third-order valence-electron chi connectivity index (χ3n) is 3.05. The van der Waals surface area contributed by atoms with E-state index in [1.165, 1.54) is 5.56 Å². The summed E-state index contributed by atoms with van der Waals surface area (Å²) >= 11 is 5.22. The molecule has 1 aromatic carbocycles. The Balaban J connectivity index is 2.26. The van der Waals surface area contributed by atoms with E-state index in [9.17, 15) is 0 Å². The largest absolute Gasteiger partial charge is 0.382 e. The fraction of sp³-hybridized carbons (Fsp3) is 0.0714. The van der Waals surface area contributed by atoms with Gasteiger partial charge in [-0.1, -0.05) is 24.3 Å². The van der Waals surface area contributed by atoms with E-state index in [2.05, 4.69) is 45.2 Å². The van der Waals surface area contributed by atoms with Crippen molar-refractivity contribution in [1.82, 2.24) is 10.2 Å². The average Bonchev–Trinajstić information content (AvgIpc) is 2.96. The molecular formula is C14H12BrN3S. The second kappa shape index (κ2) is 4.83. The molecule has 0 amide bonds. The monoisotopic (exact) mass is 333 g/mol. The molecule has 0 fully saturated rings. The van der Waals surface area contributed by atoms with Crippen LogP contribution in [0, 0.1) is 6.92 Å². The molecule has 0 radical (unpaired) electrons. The first-order chi connectivity index (χ1) is 9.18. The number of nitrogen functional groups attached to an aromatic ring is 1. The first-order valence-electron chi connectivity index (χ1n) is 5.81. The van der Waals surface area contributed by atoms with Crippen molar-refractivity contribution in [3.05, 3.63) is 45.7 Å². The number of H-pyrrole nitrogens is 1. The lowest BCUT2D eigenvalue weighted by Gasteiger charge is -2.07. The van der Waals surface area contributed by atoms with E-state index >= 15 is 0 Å². The molecule has 0 aliphatic carbocycles. The maximum Gasteiger partial charge on any atom is 0.153 e. The van der Waals surface area contributed by atoms with Crippen LogP contribution >= 0.6 is 27.3 Å². The molecule has 0 spiro atoms. The molecule has 0 atom stereocenters. The number of aryl methyl sites for hydroxylation is 1. The van der Waals surface area contributed by atoms with Crippen LogP contribution in [0.25, 0.3) is 21.7 Å². The van der Waals surface area contributed by atoms with Gasteiger partial charge in [-0.15, -0.1) is 11.3 Å². The summed E-state index contributed by atoms with van der Waals surface area (Å²) in [6, 6.07) is 10.2. The number of nitrogens with two attached hydrogens (primary N) is 1. The molecule has 3 nitrogen and oxygen atoms in total. The molecule has 0 aliphatic rings. The average molecular weight is 334 g/mol. The van der Waals surface area contributed by atoms with Gasteiger partial charge in [0.1, 0.15) is 0 Å². The Labute approximate surface area is 123 Å². The smallest absolute Gasteiger partial charge is 0.153 e. The van der Waals surface area contributed by atoms with E-state index < -0.39 is 0 Å². The number of anilines is 1. The zero-order chi connectivity index (χ0) is 13.4. The summed E-state index contributed by atoms with van der Waals surface area (Å²) in [5.41, 5.74) is 10.3. The van der Waals surface area contributed by atoms with E-state index in [4.69, 9.17) is 5.73 Å². The minimum Gasteiger partial charge on any atom is -0.382 e. The van der Waals surface area contributed by atoms with Gasteiger partial charge in [0.2, 0.25) is 0 Å². The van der Waals surface area contributed by atoms with Crippen molar-refractivity contribution in [2.24, 2.45) is 0 Å². The molecule has 0 bridgehead atoms. The third kappa shape index (κ3) is 2.09. The summed E-state index contributed by atoms with van der Waals surface area (Å²) in [4.78, 5) is 1.11. The number of nitrogens with one attached hydrogen (secondary N) is 1. The molecule has 19 heavy (non-hydrogen) atoms. The number of aromatic amines is 1. The summed E-state index contributed by atoms with van der Waals surface area (Å²) in [6.07, 6.45) is 0. The van der Waals surface area contributed by atoms with Crippen molar-refractivity contribution in [3.8, 4) is 21.7 Å². The molecule has 2 aromatic heterocycles. The van der Waals surface area contributed by atoms with Crippen LogP contribution in [0.3, 0.4) is 0 Å². The van der Waals surface area contributed by atoms with Crippen LogP contribution in [-0.2, 0) is 0 Å². The van der Waals surface area contributed by atoms with Gasteiger partial charge in [-0.3, -0.25) is 5.10 Å². The highest BCUT2D eigenvalue weighted by atomic mass is 79.9. The van der Waals surface area contributed by atoms with E-state index in [0.29, 0.717) is 5.82 Å². The molecule has 3 rings (SSSR count). The molecule has 0 saturated carbocycles. The highest BCUT2D eigenvalue weighted by molar-refractivity contribution is 9.10. The molecule has 0 saturated heterocycles. The zero-order valence-electron chi connectivity index (χ0n) is 10.3. The maximum atomic E-state index is 6.05. The Hall–Kier alpha value is -1.59. The van der Waals surface area contributed by atoms with Crippen molar-refractivity contribution in [2.45, 2.75) is 6.92 Å². The number of hydrogen-bond donors (Lipinski definition) is 2. The number of benzene rings is 1. The SMILES string of the molecule is Cc1ccccc1-c1c(N)n[nH]c1-c1sccc1Br. The minimum absolute atomic E-state index is 0.532. The fourth-order valence-corrected chi connectivity index (χ4v) is 3.69. The molecule has 0 unspecified atom stereocenters. The Morgan fingerprint density at radius 1 is 1.26 bits per heavy atom. The summed E-state index contributed by atoms with van der Waals surface area (Å²) < 4.78 is 1.05. The number of aromatic nitrogens is 2. The standard InChI is InChI=1S/C14H12BrN3S/c1-8-4-2-3-5-9(8)11-12(17-18-14(11)16)13-10(15)6-7-19-13/h2-7H,1H3,(H3,16,17,18). The van der Waals surface area contributed by atoms with Gasteiger partial charge in [-0.2, -0.15) is 5.10 Å². The number of rotatable bonds is 2. The number of halogens is 1. The van der Waals surface area contributed by atoms with Crippen LogP contribution in [0.4, 0.5) is 5.82 Å². The van der Waals surface area contributed by atoms with E-state index in [-0.39, 0.29) is 0 Å².